The smallest absolute Gasteiger partial charge is 0.243 e. The van der Waals surface area contributed by atoms with Crippen LogP contribution in [0.15, 0.2) is 0 Å². The summed E-state index contributed by atoms with van der Waals surface area (Å²) in [6.45, 7) is 14.2. The highest BCUT2D eigenvalue weighted by molar-refractivity contribution is 5.88. The van der Waals surface area contributed by atoms with Gasteiger partial charge >= 0.3 is 0 Å². The molecule has 3 nitrogen and oxygen atoms in total. The molecule has 1 N–H and O–H groups in total. The van der Waals surface area contributed by atoms with Crippen molar-refractivity contribution in [3.05, 3.63) is 0 Å². The summed E-state index contributed by atoms with van der Waals surface area (Å²) in [7, 11) is 0. The summed E-state index contributed by atoms with van der Waals surface area (Å²) in [6, 6.07) is 0. The number of hydrogen-bond acceptors (Lipinski definition) is 2. The van der Waals surface area contributed by atoms with Crippen molar-refractivity contribution in [3.63, 3.8) is 0 Å². The summed E-state index contributed by atoms with van der Waals surface area (Å²) >= 11 is 0. The number of carbonyl (C=O) groups is 1. The van der Waals surface area contributed by atoms with E-state index in [-0.39, 0.29) is 11.7 Å². The molecule has 1 heterocycles. The lowest BCUT2D eigenvalue weighted by Crippen LogP contribution is -2.44. The van der Waals surface area contributed by atoms with Gasteiger partial charge in [-0.2, -0.15) is 0 Å². The maximum absolute atomic E-state index is 12.7. The van der Waals surface area contributed by atoms with E-state index in [1.807, 2.05) is 0 Å². The minimum Gasteiger partial charge on any atom is -0.325 e. The molecule has 3 heteroatoms. The molecule has 1 aliphatic carbocycles. The van der Waals surface area contributed by atoms with Gasteiger partial charge in [0.2, 0.25) is 5.91 Å². The maximum Gasteiger partial charge on any atom is 0.243 e. The summed E-state index contributed by atoms with van der Waals surface area (Å²) < 4.78 is 0. The summed E-state index contributed by atoms with van der Waals surface area (Å²) in [4.78, 5) is 14.8. The molecular weight excluding hydrogens is 236 g/mol. The normalized spacial score (nSPS) is 37.2. The highest BCUT2D eigenvalue weighted by atomic mass is 16.2. The molecule has 2 aliphatic rings. The molecule has 2 fully saturated rings. The SMILES string of the molecule is CCC1(C)NC(CC(C)C)N(CC2CC2(C)C)C1=O. The van der Waals surface area contributed by atoms with Crippen LogP contribution < -0.4 is 5.32 Å². The number of rotatable bonds is 5. The molecule has 0 aromatic rings. The van der Waals surface area contributed by atoms with Crippen molar-refractivity contribution < 1.29 is 4.79 Å². The first-order valence-electron chi connectivity index (χ1n) is 7.78. The summed E-state index contributed by atoms with van der Waals surface area (Å²) in [5.74, 6) is 1.61. The zero-order valence-corrected chi connectivity index (χ0v) is 13.4. The number of amides is 1. The topological polar surface area (TPSA) is 32.3 Å². The Morgan fingerprint density at radius 1 is 1.37 bits per heavy atom. The first kappa shape index (κ1) is 14.8. The van der Waals surface area contributed by atoms with Crippen molar-refractivity contribution in [2.45, 2.75) is 72.5 Å². The first-order chi connectivity index (χ1) is 8.69. The lowest BCUT2D eigenvalue weighted by molar-refractivity contribution is -0.133. The van der Waals surface area contributed by atoms with Crippen LogP contribution in [0.4, 0.5) is 0 Å². The largest absolute Gasteiger partial charge is 0.325 e. The van der Waals surface area contributed by atoms with Crippen LogP contribution in [0, 0.1) is 17.3 Å². The highest BCUT2D eigenvalue weighted by Crippen LogP contribution is 2.52. The molecule has 3 atom stereocenters. The Bertz CT molecular complexity index is 364. The zero-order chi connectivity index (χ0) is 14.4. The quantitative estimate of drug-likeness (QED) is 0.829. The van der Waals surface area contributed by atoms with Gasteiger partial charge in [0, 0.05) is 6.54 Å². The molecule has 0 spiro atoms. The monoisotopic (exact) mass is 266 g/mol. The van der Waals surface area contributed by atoms with Gasteiger partial charge in [0.15, 0.2) is 0 Å². The van der Waals surface area contributed by atoms with Gasteiger partial charge in [0.05, 0.1) is 11.7 Å². The van der Waals surface area contributed by atoms with Crippen LogP contribution in [0.25, 0.3) is 0 Å². The molecule has 0 radical (unpaired) electrons. The van der Waals surface area contributed by atoms with Crippen LogP contribution in [0.2, 0.25) is 0 Å². The molecular formula is C16H30N2O. The Hall–Kier alpha value is -0.570. The molecule has 1 saturated heterocycles. The average Bonchev–Trinajstić information content (AvgIpc) is 2.83. The van der Waals surface area contributed by atoms with E-state index in [0.29, 0.717) is 23.2 Å². The Balaban J connectivity index is 2.09. The predicted octanol–water partition coefficient (Wildman–Crippen LogP) is 3.01. The Morgan fingerprint density at radius 2 is 1.95 bits per heavy atom. The highest BCUT2D eigenvalue weighted by Gasteiger charge is 2.52. The summed E-state index contributed by atoms with van der Waals surface area (Å²) in [5, 5.41) is 3.59. The fourth-order valence-corrected chi connectivity index (χ4v) is 3.19. The van der Waals surface area contributed by atoms with Crippen molar-refractivity contribution in [2.75, 3.05) is 6.54 Å². The maximum atomic E-state index is 12.7. The van der Waals surface area contributed by atoms with Crippen molar-refractivity contribution in [2.24, 2.45) is 17.3 Å². The van der Waals surface area contributed by atoms with Crippen LogP contribution in [-0.4, -0.2) is 29.1 Å². The predicted molar refractivity (Wildman–Crippen MR) is 78.7 cm³/mol. The fraction of sp³-hybridized carbons (Fsp3) is 0.938. The Kier molecular flexibility index (Phi) is 3.72. The van der Waals surface area contributed by atoms with Gasteiger partial charge in [0.25, 0.3) is 0 Å². The van der Waals surface area contributed by atoms with Crippen molar-refractivity contribution >= 4 is 5.91 Å². The standard InChI is InChI=1S/C16H30N2O/c1-7-16(6)14(19)18(10-12-9-15(12,4)5)13(17-16)8-11(2)3/h11-13,17H,7-10H2,1-6H3. The molecule has 0 bridgehead atoms. The van der Waals surface area contributed by atoms with Gasteiger partial charge in [-0.3, -0.25) is 10.1 Å². The minimum atomic E-state index is -0.349. The Morgan fingerprint density at radius 3 is 2.37 bits per heavy atom. The number of nitrogens with zero attached hydrogens (tertiary/aromatic N) is 1. The zero-order valence-electron chi connectivity index (χ0n) is 13.4. The van der Waals surface area contributed by atoms with Gasteiger partial charge in [0.1, 0.15) is 0 Å². The van der Waals surface area contributed by atoms with E-state index < -0.39 is 0 Å². The van der Waals surface area contributed by atoms with Crippen molar-refractivity contribution in [3.8, 4) is 0 Å². The molecule has 0 aromatic carbocycles. The van der Waals surface area contributed by atoms with Crippen LogP contribution in [0.5, 0.6) is 0 Å². The van der Waals surface area contributed by atoms with E-state index in [9.17, 15) is 4.79 Å². The van der Waals surface area contributed by atoms with Gasteiger partial charge < -0.3 is 4.90 Å². The van der Waals surface area contributed by atoms with E-state index in [1.165, 1.54) is 6.42 Å². The molecule has 2 rings (SSSR count). The molecule has 0 aromatic heterocycles. The first-order valence-corrected chi connectivity index (χ1v) is 7.78. The van der Waals surface area contributed by atoms with E-state index in [0.717, 1.165) is 19.4 Å². The van der Waals surface area contributed by atoms with Crippen molar-refractivity contribution in [1.29, 1.82) is 0 Å². The molecule has 1 amide bonds. The van der Waals surface area contributed by atoms with E-state index in [4.69, 9.17) is 0 Å². The Labute approximate surface area is 118 Å². The third-order valence-corrected chi connectivity index (χ3v) is 5.13. The molecule has 1 saturated carbocycles. The number of hydrogen-bond donors (Lipinski definition) is 1. The molecule has 110 valence electrons. The second kappa shape index (κ2) is 4.76. The lowest BCUT2D eigenvalue weighted by atomic mass is 9.99. The molecule has 3 unspecified atom stereocenters. The fourth-order valence-electron chi connectivity index (χ4n) is 3.19. The van der Waals surface area contributed by atoms with Crippen LogP contribution >= 0.6 is 0 Å². The van der Waals surface area contributed by atoms with Crippen LogP contribution in [0.1, 0.15) is 60.8 Å². The number of carbonyl (C=O) groups excluding carboxylic acids is 1. The second-order valence-corrected chi connectivity index (χ2v) is 7.82. The lowest BCUT2D eigenvalue weighted by Gasteiger charge is -2.26. The number of nitrogens with one attached hydrogen (secondary N) is 1. The summed E-state index contributed by atoms with van der Waals surface area (Å²) in [5.41, 5.74) is 0.0897. The van der Waals surface area contributed by atoms with Crippen LogP contribution in [0.3, 0.4) is 0 Å². The van der Waals surface area contributed by atoms with Crippen LogP contribution in [-0.2, 0) is 4.79 Å². The average molecular weight is 266 g/mol. The summed E-state index contributed by atoms with van der Waals surface area (Å²) in [6.07, 6.45) is 3.40. The van der Waals surface area contributed by atoms with Gasteiger partial charge in [-0.1, -0.05) is 34.6 Å². The third kappa shape index (κ3) is 2.81. The second-order valence-electron chi connectivity index (χ2n) is 7.82. The van der Waals surface area contributed by atoms with E-state index in [1.54, 1.807) is 0 Å². The van der Waals surface area contributed by atoms with Gasteiger partial charge in [-0.25, -0.2) is 0 Å². The minimum absolute atomic E-state index is 0.230. The molecule has 1 aliphatic heterocycles. The van der Waals surface area contributed by atoms with Crippen molar-refractivity contribution in [1.82, 2.24) is 10.2 Å². The van der Waals surface area contributed by atoms with Gasteiger partial charge in [-0.05, 0) is 43.4 Å². The van der Waals surface area contributed by atoms with E-state index >= 15 is 0 Å². The third-order valence-electron chi connectivity index (χ3n) is 5.13. The van der Waals surface area contributed by atoms with E-state index in [2.05, 4.69) is 51.8 Å². The molecule has 19 heavy (non-hydrogen) atoms. The van der Waals surface area contributed by atoms with Gasteiger partial charge in [-0.15, -0.1) is 0 Å².